The number of nitrogens with two attached hydrogens (primary N) is 1. The van der Waals surface area contributed by atoms with Crippen LogP contribution in [0.3, 0.4) is 0 Å². The highest BCUT2D eigenvalue weighted by Crippen LogP contribution is 2.24. The number of aromatic nitrogens is 1. The molecule has 0 saturated heterocycles. The van der Waals surface area contributed by atoms with Crippen LogP contribution in [0.5, 0.6) is 0 Å². The number of imide groups is 1. The van der Waals surface area contributed by atoms with Gasteiger partial charge < -0.3 is 11.1 Å². The van der Waals surface area contributed by atoms with Gasteiger partial charge in [-0.3, -0.25) is 19.3 Å². The van der Waals surface area contributed by atoms with Crippen molar-refractivity contribution in [2.75, 3.05) is 18.9 Å². The van der Waals surface area contributed by atoms with Gasteiger partial charge in [-0.25, -0.2) is 4.98 Å². The minimum Gasteiger partial charge on any atom is -0.330 e. The molecule has 8 heteroatoms. The van der Waals surface area contributed by atoms with Gasteiger partial charge in [0.15, 0.2) is 0 Å². The second-order valence-electron chi connectivity index (χ2n) is 5.43. The van der Waals surface area contributed by atoms with Crippen LogP contribution in [0.15, 0.2) is 23.6 Å². The summed E-state index contributed by atoms with van der Waals surface area (Å²) in [5.74, 6) is -0.926. The molecular weight excluding hydrogens is 328 g/mol. The number of thiazole rings is 1. The van der Waals surface area contributed by atoms with Gasteiger partial charge in [0, 0.05) is 24.5 Å². The maximum Gasteiger partial charge on any atom is 0.261 e. The van der Waals surface area contributed by atoms with Crippen LogP contribution in [-0.2, 0) is 17.6 Å². The van der Waals surface area contributed by atoms with Crippen molar-refractivity contribution in [1.29, 1.82) is 0 Å². The molecule has 0 bridgehead atoms. The van der Waals surface area contributed by atoms with E-state index >= 15 is 0 Å². The minimum atomic E-state index is -0.364. The topological polar surface area (TPSA) is 105 Å². The van der Waals surface area contributed by atoms with Crippen LogP contribution in [-0.4, -0.2) is 41.2 Å². The van der Waals surface area contributed by atoms with Gasteiger partial charge in [0.05, 0.1) is 28.2 Å². The second kappa shape index (κ2) is 6.50. The maximum atomic E-state index is 12.1. The zero-order valence-electron chi connectivity index (χ0n) is 13.0. The van der Waals surface area contributed by atoms with Gasteiger partial charge in [-0.05, 0) is 24.7 Å². The Balaban J connectivity index is 1.69. The van der Waals surface area contributed by atoms with Crippen molar-refractivity contribution in [3.63, 3.8) is 0 Å². The first-order valence-electron chi connectivity index (χ1n) is 7.39. The van der Waals surface area contributed by atoms with Gasteiger partial charge >= 0.3 is 0 Å². The fraction of sp³-hybridized carbons (Fsp3) is 0.250. The third-order valence-corrected chi connectivity index (χ3v) is 4.63. The maximum absolute atomic E-state index is 12.1. The standard InChI is InChI=1S/C16H16N4O3S/c1-20-15(22)11-3-2-9(6-12(11)16(20)23)18-13(21)7-10-8-24-14(19-10)4-5-17/h2-3,6,8H,4-5,7,17H2,1H3,(H,18,21). The van der Waals surface area contributed by atoms with E-state index in [0.717, 1.165) is 9.91 Å². The van der Waals surface area contributed by atoms with Crippen LogP contribution in [0, 0.1) is 0 Å². The quantitative estimate of drug-likeness (QED) is 0.789. The number of nitrogens with one attached hydrogen (secondary N) is 1. The summed E-state index contributed by atoms with van der Waals surface area (Å²) < 4.78 is 0. The molecular formula is C16H16N4O3S. The van der Waals surface area contributed by atoms with Crippen LogP contribution < -0.4 is 11.1 Å². The zero-order chi connectivity index (χ0) is 17.3. The van der Waals surface area contributed by atoms with E-state index in [9.17, 15) is 14.4 Å². The number of benzene rings is 1. The van der Waals surface area contributed by atoms with Gasteiger partial charge in [-0.2, -0.15) is 0 Å². The van der Waals surface area contributed by atoms with Crippen LogP contribution in [0.4, 0.5) is 5.69 Å². The summed E-state index contributed by atoms with van der Waals surface area (Å²) in [5, 5.41) is 5.48. The number of hydrogen-bond acceptors (Lipinski definition) is 6. The Morgan fingerprint density at radius 3 is 2.79 bits per heavy atom. The third-order valence-electron chi connectivity index (χ3n) is 3.67. The number of fused-ring (bicyclic) bond motifs is 1. The van der Waals surface area contributed by atoms with Crippen molar-refractivity contribution in [3.8, 4) is 0 Å². The number of hydrogen-bond donors (Lipinski definition) is 2. The molecule has 7 nitrogen and oxygen atoms in total. The average molecular weight is 344 g/mol. The third kappa shape index (κ3) is 3.06. The molecule has 3 N–H and O–H groups in total. The molecule has 0 saturated carbocycles. The van der Waals surface area contributed by atoms with Crippen molar-refractivity contribution in [3.05, 3.63) is 45.4 Å². The molecule has 24 heavy (non-hydrogen) atoms. The number of anilines is 1. The number of amides is 3. The fourth-order valence-corrected chi connectivity index (χ4v) is 3.29. The molecule has 0 spiro atoms. The van der Waals surface area contributed by atoms with E-state index in [1.807, 2.05) is 5.38 Å². The number of carbonyl (C=O) groups excluding carboxylic acids is 3. The van der Waals surface area contributed by atoms with Crippen LogP contribution >= 0.6 is 11.3 Å². The Bertz CT molecular complexity index is 830. The summed E-state index contributed by atoms with van der Waals surface area (Å²) in [6.45, 7) is 0.523. The van der Waals surface area contributed by atoms with Crippen LogP contribution in [0.25, 0.3) is 0 Å². The molecule has 1 aliphatic heterocycles. The number of rotatable bonds is 5. The molecule has 0 atom stereocenters. The first-order valence-corrected chi connectivity index (χ1v) is 8.27. The Kier molecular flexibility index (Phi) is 4.41. The SMILES string of the molecule is CN1C(=O)c2ccc(NC(=O)Cc3csc(CCN)n3)cc2C1=O. The normalized spacial score (nSPS) is 13.3. The Morgan fingerprint density at radius 1 is 1.29 bits per heavy atom. The Hall–Kier alpha value is -2.58. The average Bonchev–Trinajstić information content (AvgIpc) is 3.07. The van der Waals surface area contributed by atoms with E-state index in [1.165, 1.54) is 24.5 Å². The van der Waals surface area contributed by atoms with Gasteiger partial charge in [-0.1, -0.05) is 0 Å². The molecule has 3 amide bonds. The summed E-state index contributed by atoms with van der Waals surface area (Å²) in [6, 6.07) is 4.69. The van der Waals surface area contributed by atoms with Gasteiger partial charge in [0.1, 0.15) is 0 Å². The molecule has 0 radical (unpaired) electrons. The highest BCUT2D eigenvalue weighted by atomic mass is 32.1. The molecule has 2 aromatic rings. The summed E-state index contributed by atoms with van der Waals surface area (Å²) in [6.07, 6.45) is 0.839. The predicted octanol–water partition coefficient (Wildman–Crippen LogP) is 1.05. The molecule has 0 aliphatic carbocycles. The zero-order valence-corrected chi connectivity index (χ0v) is 13.9. The fourth-order valence-electron chi connectivity index (χ4n) is 2.48. The monoisotopic (exact) mass is 344 g/mol. The molecule has 1 aromatic carbocycles. The summed E-state index contributed by atoms with van der Waals surface area (Å²) >= 11 is 1.48. The lowest BCUT2D eigenvalue weighted by atomic mass is 10.1. The molecule has 1 aliphatic rings. The molecule has 3 rings (SSSR count). The lowest BCUT2D eigenvalue weighted by Gasteiger charge is -2.05. The van der Waals surface area contributed by atoms with E-state index in [2.05, 4.69) is 10.3 Å². The van der Waals surface area contributed by atoms with Crippen molar-refractivity contribution >= 4 is 34.7 Å². The smallest absolute Gasteiger partial charge is 0.261 e. The first kappa shape index (κ1) is 16.3. The predicted molar refractivity (Wildman–Crippen MR) is 90.1 cm³/mol. The molecule has 1 aromatic heterocycles. The van der Waals surface area contributed by atoms with E-state index in [0.29, 0.717) is 35.5 Å². The Morgan fingerprint density at radius 2 is 2.04 bits per heavy atom. The second-order valence-corrected chi connectivity index (χ2v) is 6.37. The van der Waals surface area contributed by atoms with Crippen molar-refractivity contribution in [2.24, 2.45) is 5.73 Å². The number of carbonyl (C=O) groups is 3. The van der Waals surface area contributed by atoms with Crippen molar-refractivity contribution in [2.45, 2.75) is 12.8 Å². The van der Waals surface area contributed by atoms with Gasteiger partial charge in [0.2, 0.25) is 5.91 Å². The molecule has 0 fully saturated rings. The first-order chi connectivity index (χ1) is 11.5. The highest BCUT2D eigenvalue weighted by molar-refractivity contribution is 7.09. The van der Waals surface area contributed by atoms with Crippen LogP contribution in [0.1, 0.15) is 31.4 Å². The van der Waals surface area contributed by atoms with Crippen LogP contribution in [0.2, 0.25) is 0 Å². The van der Waals surface area contributed by atoms with E-state index in [-0.39, 0.29) is 24.1 Å². The number of nitrogens with zero attached hydrogens (tertiary/aromatic N) is 2. The van der Waals surface area contributed by atoms with E-state index in [1.54, 1.807) is 12.1 Å². The summed E-state index contributed by atoms with van der Waals surface area (Å²) in [5.41, 5.74) is 7.31. The lowest BCUT2D eigenvalue weighted by Crippen LogP contribution is -2.24. The van der Waals surface area contributed by atoms with E-state index < -0.39 is 0 Å². The summed E-state index contributed by atoms with van der Waals surface area (Å²) in [4.78, 5) is 41.3. The Labute approximate surface area is 142 Å². The minimum absolute atomic E-state index is 0.144. The van der Waals surface area contributed by atoms with Gasteiger partial charge in [-0.15, -0.1) is 11.3 Å². The highest BCUT2D eigenvalue weighted by Gasteiger charge is 2.32. The largest absolute Gasteiger partial charge is 0.330 e. The molecule has 2 heterocycles. The molecule has 124 valence electrons. The lowest BCUT2D eigenvalue weighted by molar-refractivity contribution is -0.115. The molecule has 0 unspecified atom stereocenters. The van der Waals surface area contributed by atoms with Gasteiger partial charge in [0.25, 0.3) is 11.8 Å². The van der Waals surface area contributed by atoms with E-state index in [4.69, 9.17) is 5.73 Å². The summed E-state index contributed by atoms with van der Waals surface area (Å²) in [7, 11) is 1.43. The van der Waals surface area contributed by atoms with Crippen molar-refractivity contribution in [1.82, 2.24) is 9.88 Å². The van der Waals surface area contributed by atoms with Crippen molar-refractivity contribution < 1.29 is 14.4 Å².